The van der Waals surface area contributed by atoms with Crippen LogP contribution in [0, 0.1) is 55.4 Å². The number of hydrogen-bond donors (Lipinski definition) is 0. The lowest BCUT2D eigenvalue weighted by atomic mass is 10.0. The summed E-state index contributed by atoms with van der Waals surface area (Å²) in [5.74, 6) is 0. The Bertz CT molecular complexity index is 7230. The first-order chi connectivity index (χ1) is 67.1. The molecule has 734 valence electrons. The van der Waals surface area contributed by atoms with Gasteiger partial charge in [0.15, 0.2) is 0 Å². The van der Waals surface area contributed by atoms with Gasteiger partial charge in [0, 0.05) is 77.6 Å². The van der Waals surface area contributed by atoms with Gasteiger partial charge in [-0.25, -0.2) is 0 Å². The van der Waals surface area contributed by atoms with Gasteiger partial charge in [0.1, 0.15) is 0 Å². The number of nitrogens with zero attached hydrogens (tertiary/aromatic N) is 4. The molecule has 0 aliphatic carbocycles. The Labute approximate surface area is 860 Å². The van der Waals surface area contributed by atoms with Crippen LogP contribution in [0.3, 0.4) is 0 Å². The van der Waals surface area contributed by atoms with Gasteiger partial charge < -0.3 is 19.6 Å². The molecule has 0 aromatic heterocycles. The molecule has 15 aromatic rings. The van der Waals surface area contributed by atoms with Gasteiger partial charge in [0.25, 0.3) is 60.7 Å². The van der Waals surface area contributed by atoms with Crippen molar-refractivity contribution >= 4 is 183 Å². The van der Waals surface area contributed by atoms with Crippen LogP contribution in [0.4, 0.5) is 68.2 Å². The summed E-state index contributed by atoms with van der Waals surface area (Å²) in [6.07, 6.45) is 2.95. The predicted octanol–water partition coefficient (Wildman–Crippen LogP) is 27.0. The lowest BCUT2D eigenvalue weighted by Crippen LogP contribution is -2.13. The van der Waals surface area contributed by atoms with E-state index in [1.165, 1.54) is 109 Å². The van der Waals surface area contributed by atoms with E-state index in [0.29, 0.717) is 67.5 Å². The van der Waals surface area contributed by atoms with Gasteiger partial charge in [-0.05, 0) is 304 Å². The Morgan fingerprint density at radius 2 is 0.489 bits per heavy atom. The number of benzene rings is 15. The molecule has 0 aliphatic heterocycles. The molecule has 141 heavy (non-hydrogen) atoms. The molecule has 0 atom stereocenters. The average Bonchev–Trinajstić information content (AvgIpc) is 0.791. The predicted molar refractivity (Wildman–Crippen MR) is 580 cm³/mol. The van der Waals surface area contributed by atoms with Gasteiger partial charge in [-0.1, -0.05) is 253 Å². The average molecular weight is 2250 g/mol. The van der Waals surface area contributed by atoms with Gasteiger partial charge in [0.2, 0.25) is 0 Å². The number of aryl methyl sites for hydroxylation is 8. The van der Waals surface area contributed by atoms with Crippen molar-refractivity contribution in [2.45, 2.75) is 125 Å². The fraction of sp³-hybridized carbons (Fsp3) is 0.182. The fourth-order valence-electron chi connectivity index (χ4n) is 14.6. The summed E-state index contributed by atoms with van der Waals surface area (Å²) in [5.41, 5.74) is 27.0. The highest BCUT2D eigenvalue weighted by Crippen LogP contribution is 2.43. The van der Waals surface area contributed by atoms with Crippen molar-refractivity contribution in [3.8, 4) is 0 Å². The van der Waals surface area contributed by atoms with E-state index in [2.05, 4.69) is 231 Å². The van der Waals surface area contributed by atoms with E-state index in [-0.39, 0.29) is 54.3 Å². The van der Waals surface area contributed by atoms with E-state index in [1.54, 1.807) is 97.1 Å². The molecule has 22 nitrogen and oxygen atoms in total. The number of hydrogen-bond acceptors (Lipinski definition) is 22. The van der Waals surface area contributed by atoms with Crippen molar-refractivity contribution in [3.63, 3.8) is 0 Å². The lowest BCUT2D eigenvalue weighted by Gasteiger charge is -2.28. The first kappa shape index (κ1) is 108. The first-order valence-electron chi connectivity index (χ1n) is 44.4. The third kappa shape index (κ3) is 31.6. The minimum Gasteiger partial charge on any atom is -0.311 e. The lowest BCUT2D eigenvalue weighted by molar-refractivity contribution is 0.306. The number of rotatable bonds is 36. The van der Waals surface area contributed by atoms with Crippen LogP contribution in [0.25, 0.3) is 0 Å². The van der Waals surface area contributed by atoms with Crippen molar-refractivity contribution in [1.29, 1.82) is 0 Å². The molecule has 0 unspecified atom stereocenters. The monoisotopic (exact) mass is 2250 g/mol. The largest absolute Gasteiger partial charge is 0.311 e. The minimum atomic E-state index is -4.05. The maximum absolute atomic E-state index is 13.0. The third-order valence-electron chi connectivity index (χ3n) is 22.4. The Hall–Kier alpha value is -11.4. The molecule has 31 heteroatoms. The van der Waals surface area contributed by atoms with E-state index in [4.69, 9.17) is 25.1 Å². The summed E-state index contributed by atoms with van der Waals surface area (Å²) >= 11 is 9.62. The number of halogens is 3. The van der Waals surface area contributed by atoms with E-state index in [9.17, 15) is 50.5 Å². The van der Waals surface area contributed by atoms with Crippen LogP contribution in [0.15, 0.2) is 367 Å². The highest BCUT2D eigenvalue weighted by molar-refractivity contribution is 14.1. The first-order valence-corrected chi connectivity index (χ1v) is 57.9. The Morgan fingerprint density at radius 3 is 0.809 bits per heavy atom. The molecule has 15 aromatic carbocycles. The van der Waals surface area contributed by atoms with E-state index in [1.807, 2.05) is 116 Å². The number of alkyl halides is 3. The minimum absolute atomic E-state index is 0.0372. The quantitative estimate of drug-likeness (QED) is 0.0200. The van der Waals surface area contributed by atoms with Gasteiger partial charge in [0.05, 0.1) is 78.8 Å². The number of anilines is 12. The van der Waals surface area contributed by atoms with Gasteiger partial charge in [-0.15, -0.1) is 0 Å². The molecule has 0 N–H and O–H groups in total. The van der Waals surface area contributed by atoms with Crippen molar-refractivity contribution in [3.05, 3.63) is 446 Å². The SMILES string of the molecule is Cc1ccc(N(c2ccc(C)cc2)c2ccc(CBr)cc2CBr)cc1.Cc1ccc(N(c2ccc(C)cc2)c2ccc(CI)cc2)cc1.Cc1ccc(N(c2ccc(COS(C)(=O)=O)cc2)c2ccc(C)c(COS(C)(=O)=O)c2)cc1COS(C)(=O)=O.Cc1ccc(N(c2cccc(COS(=O)(=O)c3ccccc3)c2)c2ccc(C)c(COS(=O)(=O)c3ccccc3)c2)cc1COS(=O)(=O)c1ccccc1. The summed E-state index contributed by atoms with van der Waals surface area (Å²) in [6.45, 7) is 14.8. The highest BCUT2D eigenvalue weighted by Gasteiger charge is 2.26. The Morgan fingerprint density at radius 1 is 0.227 bits per heavy atom. The zero-order chi connectivity index (χ0) is 101. The second-order valence-electron chi connectivity index (χ2n) is 33.5. The fourth-order valence-corrected chi connectivity index (χ4v) is 19.6. The van der Waals surface area contributed by atoms with Gasteiger partial charge in [-0.3, -0.25) is 25.1 Å². The molecular weight excluding hydrogens is 2140 g/mol. The second-order valence-corrected chi connectivity index (χ2v) is 45.1. The van der Waals surface area contributed by atoms with E-state index in [0.717, 1.165) is 56.1 Å². The zero-order valence-electron chi connectivity index (χ0n) is 79.6. The van der Waals surface area contributed by atoms with Crippen LogP contribution in [0.1, 0.15) is 94.6 Å². The van der Waals surface area contributed by atoms with Crippen LogP contribution >= 0.6 is 54.5 Å². The Balaban J connectivity index is 0.000000178. The molecule has 0 aliphatic rings. The Kier molecular flexibility index (Phi) is 38.1. The highest BCUT2D eigenvalue weighted by atomic mass is 127. The maximum atomic E-state index is 13.0. The molecule has 15 rings (SSSR count). The van der Waals surface area contributed by atoms with Gasteiger partial charge >= 0.3 is 0 Å². The van der Waals surface area contributed by atoms with Crippen LogP contribution in [-0.4, -0.2) is 69.3 Å². The summed E-state index contributed by atoms with van der Waals surface area (Å²) in [4.78, 5) is 8.53. The maximum Gasteiger partial charge on any atom is 0.297 e. The third-order valence-corrected chi connectivity index (χ3v) is 30.0. The molecule has 0 heterocycles. The molecule has 0 radical (unpaired) electrons. The van der Waals surface area contributed by atoms with E-state index >= 15 is 0 Å². The molecule has 0 bridgehead atoms. The second kappa shape index (κ2) is 49.6. The van der Waals surface area contributed by atoms with Crippen molar-refractivity contribution in [2.75, 3.05) is 38.4 Å². The smallest absolute Gasteiger partial charge is 0.297 e. The van der Waals surface area contributed by atoms with Crippen molar-refractivity contribution < 1.29 is 75.6 Å². The van der Waals surface area contributed by atoms with E-state index < -0.39 is 60.7 Å². The topological polar surface area (TPSA) is 273 Å². The summed E-state index contributed by atoms with van der Waals surface area (Å²) < 4.78 is 179. The van der Waals surface area contributed by atoms with Crippen LogP contribution in [0.5, 0.6) is 0 Å². The molecule has 0 fully saturated rings. The summed E-state index contributed by atoms with van der Waals surface area (Å²) in [6, 6.07) is 110. The van der Waals surface area contributed by atoms with Gasteiger partial charge in [-0.2, -0.15) is 50.5 Å². The van der Waals surface area contributed by atoms with Crippen molar-refractivity contribution in [1.82, 2.24) is 0 Å². The summed E-state index contributed by atoms with van der Waals surface area (Å²) in [5, 5.41) is 1.68. The standard InChI is InChI=1S/C41H37NO9S3.C26H31NO9S3.C22H21Br2N.C21H20IN/c1-31-21-23-37(26-34(31)29-50-53(45,46)40-17-8-4-9-18-40)42(36-14-12-13-33(25-36)28-49-52(43,44)39-15-6-3-7-16-39)38-24-22-32(2)35(27-38)30-51-54(47,48)41-19-10-5-11-20-41;1-19-6-10-25(14-22(19)17-35-38(4,30)31)27(24-12-8-21(9-13-24)16-34-37(3,28)29)26-11-7-20(2)23(15-26)18-36-39(5,32)33;1-16-3-8-20(9-4-16)25(21-10-5-17(2)6-11-21)22-12-7-18(14-23)13-19(22)15-24;1-16-3-9-19(10-4-16)23(20-11-5-17(2)6-12-20)21-13-7-18(15-22)8-14-21/h3-27H,28-30H2,1-2H3;6-15H,16-18H2,1-5H3;3-13H,14-15H2,1-2H3;3-14H,15H2,1-2H3. The molecule has 0 saturated heterocycles. The van der Waals surface area contributed by atoms with Crippen LogP contribution in [0.2, 0.25) is 0 Å². The van der Waals surface area contributed by atoms with Crippen molar-refractivity contribution in [2.24, 2.45) is 0 Å². The molecular formula is C110H109Br2IN4O18S6. The molecule has 0 spiro atoms. The van der Waals surface area contributed by atoms with Crippen LogP contribution in [-0.2, 0) is 141 Å². The molecule has 0 saturated carbocycles. The molecule has 0 amide bonds. The summed E-state index contributed by atoms with van der Waals surface area (Å²) in [7, 11) is -23.0. The normalized spacial score (nSPS) is 11.7. The zero-order valence-corrected chi connectivity index (χ0v) is 89.8. The van der Waals surface area contributed by atoms with Crippen LogP contribution < -0.4 is 19.6 Å².